The van der Waals surface area contributed by atoms with E-state index in [1.54, 1.807) is 12.1 Å². The minimum atomic E-state index is -0.356. The van der Waals surface area contributed by atoms with E-state index < -0.39 is 0 Å². The highest BCUT2D eigenvalue weighted by atomic mass is 16.1. The minimum absolute atomic E-state index is 0.142. The van der Waals surface area contributed by atoms with Crippen molar-refractivity contribution in [3.8, 4) is 6.07 Å². The van der Waals surface area contributed by atoms with Crippen molar-refractivity contribution in [1.82, 2.24) is 5.32 Å². The van der Waals surface area contributed by atoms with Gasteiger partial charge >= 0.3 is 0 Å². The summed E-state index contributed by atoms with van der Waals surface area (Å²) >= 11 is 0. The van der Waals surface area contributed by atoms with Crippen LogP contribution in [-0.4, -0.2) is 11.9 Å². The maximum absolute atomic E-state index is 12.1. The van der Waals surface area contributed by atoms with E-state index in [0.29, 0.717) is 11.5 Å². The molecule has 1 fully saturated rings. The number of amides is 1. The van der Waals surface area contributed by atoms with Crippen molar-refractivity contribution < 1.29 is 4.79 Å². The summed E-state index contributed by atoms with van der Waals surface area (Å²) < 4.78 is 0. The summed E-state index contributed by atoms with van der Waals surface area (Å²) in [5.41, 5.74) is 0.622. The third kappa shape index (κ3) is 3.82. The Balaban J connectivity index is 1.99. The van der Waals surface area contributed by atoms with E-state index in [-0.39, 0.29) is 11.9 Å². The van der Waals surface area contributed by atoms with Crippen molar-refractivity contribution in [3.63, 3.8) is 0 Å². The quantitative estimate of drug-likeness (QED) is 0.844. The van der Waals surface area contributed by atoms with Crippen LogP contribution in [0.25, 0.3) is 0 Å². The Morgan fingerprint density at radius 2 is 1.79 bits per heavy atom. The molecule has 0 radical (unpaired) electrons. The van der Waals surface area contributed by atoms with E-state index in [9.17, 15) is 10.1 Å². The molecular formula is C16H20N2O. The summed E-state index contributed by atoms with van der Waals surface area (Å²) in [5.74, 6) is 0.163. The van der Waals surface area contributed by atoms with Crippen molar-refractivity contribution >= 4 is 5.91 Å². The maximum Gasteiger partial charge on any atom is 0.252 e. The molecule has 2 rings (SSSR count). The monoisotopic (exact) mass is 256 g/mol. The van der Waals surface area contributed by atoms with Crippen molar-refractivity contribution in [1.29, 1.82) is 5.26 Å². The number of nitrogens with one attached hydrogen (secondary N) is 1. The molecular weight excluding hydrogens is 236 g/mol. The molecule has 3 nitrogen and oxygen atoms in total. The van der Waals surface area contributed by atoms with Crippen molar-refractivity contribution in [3.05, 3.63) is 35.9 Å². The smallest absolute Gasteiger partial charge is 0.252 e. The lowest BCUT2D eigenvalue weighted by Crippen LogP contribution is -2.39. The van der Waals surface area contributed by atoms with Gasteiger partial charge in [-0.15, -0.1) is 0 Å². The van der Waals surface area contributed by atoms with E-state index in [1.807, 2.05) is 18.2 Å². The molecule has 3 heteroatoms. The number of carbonyl (C=O) groups is 1. The van der Waals surface area contributed by atoms with Crippen LogP contribution < -0.4 is 5.32 Å². The Bertz CT molecular complexity index is 442. The SMILES string of the molecule is N#CC(NC(=O)c1ccccc1)C1CCCCCC1. The fourth-order valence-electron chi connectivity index (χ4n) is 2.71. The van der Waals surface area contributed by atoms with E-state index in [1.165, 1.54) is 25.7 Å². The largest absolute Gasteiger partial charge is 0.336 e. The van der Waals surface area contributed by atoms with Gasteiger partial charge in [0.2, 0.25) is 0 Å². The first-order valence-corrected chi connectivity index (χ1v) is 7.07. The second-order valence-electron chi connectivity index (χ2n) is 5.20. The lowest BCUT2D eigenvalue weighted by atomic mass is 9.92. The molecule has 0 spiro atoms. The first-order valence-electron chi connectivity index (χ1n) is 7.07. The van der Waals surface area contributed by atoms with E-state index in [4.69, 9.17) is 0 Å². The predicted molar refractivity (Wildman–Crippen MR) is 74.5 cm³/mol. The van der Waals surface area contributed by atoms with Gasteiger partial charge in [-0.1, -0.05) is 43.9 Å². The third-order valence-corrected chi connectivity index (χ3v) is 3.83. The number of nitriles is 1. The van der Waals surface area contributed by atoms with Crippen LogP contribution in [0, 0.1) is 17.2 Å². The first-order chi connectivity index (χ1) is 9.31. The second-order valence-corrected chi connectivity index (χ2v) is 5.20. The molecule has 1 N–H and O–H groups in total. The van der Waals surface area contributed by atoms with Gasteiger partial charge in [0.1, 0.15) is 6.04 Å². The summed E-state index contributed by atoms with van der Waals surface area (Å²) in [6.45, 7) is 0. The minimum Gasteiger partial charge on any atom is -0.336 e. The number of rotatable bonds is 3. The average molecular weight is 256 g/mol. The Hall–Kier alpha value is -1.82. The first kappa shape index (κ1) is 13.6. The number of hydrogen-bond acceptors (Lipinski definition) is 2. The van der Waals surface area contributed by atoms with Crippen LogP contribution in [0.4, 0.5) is 0 Å². The Morgan fingerprint density at radius 3 is 2.37 bits per heavy atom. The van der Waals surface area contributed by atoms with Crippen LogP contribution in [0.3, 0.4) is 0 Å². The Morgan fingerprint density at radius 1 is 1.16 bits per heavy atom. The topological polar surface area (TPSA) is 52.9 Å². The van der Waals surface area contributed by atoms with Gasteiger partial charge in [0.05, 0.1) is 6.07 Å². The molecule has 0 saturated heterocycles. The Kier molecular flexibility index (Phi) is 4.97. The molecule has 100 valence electrons. The number of carbonyl (C=O) groups excluding carboxylic acids is 1. The Labute approximate surface area is 114 Å². The highest BCUT2D eigenvalue weighted by Gasteiger charge is 2.24. The zero-order valence-electron chi connectivity index (χ0n) is 11.1. The maximum atomic E-state index is 12.1. The molecule has 1 aliphatic rings. The average Bonchev–Trinajstić information content (AvgIpc) is 2.74. The van der Waals surface area contributed by atoms with Gasteiger partial charge in [-0.05, 0) is 30.9 Å². The van der Waals surface area contributed by atoms with Crippen molar-refractivity contribution in [2.24, 2.45) is 5.92 Å². The van der Waals surface area contributed by atoms with Gasteiger partial charge in [0, 0.05) is 5.56 Å². The van der Waals surface area contributed by atoms with Crippen molar-refractivity contribution in [2.75, 3.05) is 0 Å². The molecule has 1 aromatic rings. The highest BCUT2D eigenvalue weighted by Crippen LogP contribution is 2.25. The van der Waals surface area contributed by atoms with Gasteiger partial charge in [0.15, 0.2) is 0 Å². The fraction of sp³-hybridized carbons (Fsp3) is 0.500. The molecule has 0 aromatic heterocycles. The summed E-state index contributed by atoms with van der Waals surface area (Å²) in [6.07, 6.45) is 6.94. The molecule has 19 heavy (non-hydrogen) atoms. The summed E-state index contributed by atoms with van der Waals surface area (Å²) in [7, 11) is 0. The molecule has 0 heterocycles. The van der Waals surface area contributed by atoms with E-state index in [0.717, 1.165) is 12.8 Å². The second kappa shape index (κ2) is 6.94. The molecule has 0 aliphatic heterocycles. The molecule has 1 atom stereocenters. The van der Waals surface area contributed by atoms with Gasteiger partial charge in [-0.3, -0.25) is 4.79 Å². The van der Waals surface area contributed by atoms with E-state index >= 15 is 0 Å². The molecule has 1 unspecified atom stereocenters. The fourth-order valence-corrected chi connectivity index (χ4v) is 2.71. The van der Waals surface area contributed by atoms with E-state index in [2.05, 4.69) is 11.4 Å². The number of hydrogen-bond donors (Lipinski definition) is 1. The van der Waals surface area contributed by atoms with Crippen LogP contribution in [0.15, 0.2) is 30.3 Å². The molecule has 1 aromatic carbocycles. The van der Waals surface area contributed by atoms with Crippen LogP contribution in [0.5, 0.6) is 0 Å². The highest BCUT2D eigenvalue weighted by molar-refractivity contribution is 5.94. The zero-order valence-corrected chi connectivity index (χ0v) is 11.1. The summed E-state index contributed by atoms with van der Waals surface area (Å²) in [5, 5.41) is 12.2. The standard InChI is InChI=1S/C16H20N2O/c17-12-15(13-8-4-1-2-5-9-13)18-16(19)14-10-6-3-7-11-14/h3,6-7,10-11,13,15H,1-2,4-5,8-9H2,(H,18,19). The molecule has 0 bridgehead atoms. The van der Waals surface area contributed by atoms with Crippen molar-refractivity contribution in [2.45, 2.75) is 44.6 Å². The third-order valence-electron chi connectivity index (χ3n) is 3.83. The van der Waals surface area contributed by atoms with Crippen LogP contribution in [0.1, 0.15) is 48.9 Å². The number of benzene rings is 1. The van der Waals surface area contributed by atoms with Gasteiger partial charge in [-0.25, -0.2) is 0 Å². The molecule has 1 amide bonds. The van der Waals surface area contributed by atoms with Crippen LogP contribution in [0.2, 0.25) is 0 Å². The lowest BCUT2D eigenvalue weighted by Gasteiger charge is -2.21. The number of nitrogens with zero attached hydrogens (tertiary/aromatic N) is 1. The summed E-state index contributed by atoms with van der Waals surface area (Å²) in [6, 6.07) is 11.0. The molecule has 1 aliphatic carbocycles. The normalized spacial score (nSPS) is 18.1. The van der Waals surface area contributed by atoms with Crippen LogP contribution >= 0.6 is 0 Å². The zero-order chi connectivity index (χ0) is 13.5. The van der Waals surface area contributed by atoms with Gasteiger partial charge < -0.3 is 5.32 Å². The predicted octanol–water partition coefficient (Wildman–Crippen LogP) is 3.28. The van der Waals surface area contributed by atoms with Gasteiger partial charge in [0.25, 0.3) is 5.91 Å². The van der Waals surface area contributed by atoms with Gasteiger partial charge in [-0.2, -0.15) is 5.26 Å². The summed E-state index contributed by atoms with van der Waals surface area (Å²) in [4.78, 5) is 12.1. The van der Waals surface area contributed by atoms with Crippen LogP contribution in [-0.2, 0) is 0 Å². The lowest BCUT2D eigenvalue weighted by molar-refractivity contribution is 0.0932. The molecule has 1 saturated carbocycles.